The van der Waals surface area contributed by atoms with Gasteiger partial charge in [-0.05, 0) is 43.7 Å². The molecule has 114 valence electrons. The van der Waals surface area contributed by atoms with Gasteiger partial charge in [-0.2, -0.15) is 0 Å². The lowest BCUT2D eigenvalue weighted by Gasteiger charge is -2.26. The number of Topliss-reactive ketones (excluding diaryl/α,β-unsaturated/α-hetero) is 1. The van der Waals surface area contributed by atoms with Crippen molar-refractivity contribution < 1.29 is 14.3 Å². The van der Waals surface area contributed by atoms with Gasteiger partial charge < -0.3 is 10.1 Å². The molecule has 1 saturated carbocycles. The topological polar surface area (TPSA) is 67.2 Å². The van der Waals surface area contributed by atoms with Crippen molar-refractivity contribution in [2.75, 3.05) is 7.11 Å². The van der Waals surface area contributed by atoms with Gasteiger partial charge in [-0.3, -0.25) is 9.59 Å². The molecule has 0 bridgehead atoms. The van der Waals surface area contributed by atoms with Crippen LogP contribution in [0.25, 0.3) is 0 Å². The zero-order chi connectivity index (χ0) is 14.8. The van der Waals surface area contributed by atoms with Gasteiger partial charge in [0, 0.05) is 6.42 Å². The Bertz CT molecular complexity index is 328. The van der Waals surface area contributed by atoms with Crippen LogP contribution in [0, 0.1) is 17.2 Å². The van der Waals surface area contributed by atoms with Crippen LogP contribution in [0.4, 0.5) is 0 Å². The average molecular weight is 281 g/mol. The summed E-state index contributed by atoms with van der Waals surface area (Å²) in [6.07, 6.45) is 11.1. The zero-order valence-electron chi connectivity index (χ0n) is 12.5. The van der Waals surface area contributed by atoms with Crippen molar-refractivity contribution in [1.82, 2.24) is 0 Å². The Hall–Kier alpha value is -1.19. The van der Waals surface area contributed by atoms with Gasteiger partial charge in [0.25, 0.3) is 0 Å². The van der Waals surface area contributed by atoms with E-state index in [0.29, 0.717) is 18.3 Å². The van der Waals surface area contributed by atoms with E-state index in [1.807, 2.05) is 0 Å². The second-order valence-electron chi connectivity index (χ2n) is 5.77. The fourth-order valence-corrected chi connectivity index (χ4v) is 3.05. The predicted molar refractivity (Wildman–Crippen MR) is 79.0 cm³/mol. The smallest absolute Gasteiger partial charge is 0.313 e. The van der Waals surface area contributed by atoms with Gasteiger partial charge in [0.05, 0.1) is 7.11 Å². The molecule has 4 nitrogen and oxygen atoms in total. The Kier molecular flexibility index (Phi) is 8.16. The van der Waals surface area contributed by atoms with Crippen molar-refractivity contribution >= 4 is 18.0 Å². The van der Waals surface area contributed by atoms with Gasteiger partial charge in [0.1, 0.15) is 12.2 Å². The normalized spacial score (nSPS) is 23.4. The van der Waals surface area contributed by atoms with Crippen LogP contribution in [0.2, 0.25) is 0 Å². The van der Waals surface area contributed by atoms with Crippen LogP contribution in [0.15, 0.2) is 0 Å². The molecular formula is C16H27NO3. The summed E-state index contributed by atoms with van der Waals surface area (Å²) in [4.78, 5) is 22.6. The van der Waals surface area contributed by atoms with Crippen LogP contribution in [0.5, 0.6) is 0 Å². The highest BCUT2D eigenvalue weighted by Gasteiger charge is 2.21. The first-order chi connectivity index (χ1) is 9.67. The molecule has 0 amide bonds. The first-order valence-electron chi connectivity index (χ1n) is 7.76. The lowest BCUT2D eigenvalue weighted by Crippen LogP contribution is -2.18. The maximum Gasteiger partial charge on any atom is 0.313 e. The van der Waals surface area contributed by atoms with Crippen LogP contribution in [-0.2, 0) is 14.3 Å². The van der Waals surface area contributed by atoms with E-state index in [2.05, 4.69) is 4.74 Å². The summed E-state index contributed by atoms with van der Waals surface area (Å²) in [6.45, 7) is 0. The number of carbonyl (C=O) groups excluding carboxylic acids is 2. The molecule has 1 aliphatic carbocycles. The SMILES string of the molecule is COC(=O)CC(=O)CCCC1CCCCCCC1C=N. The summed E-state index contributed by atoms with van der Waals surface area (Å²) in [5.74, 6) is 0.442. The minimum absolute atomic E-state index is 0.0332. The molecule has 0 aromatic rings. The summed E-state index contributed by atoms with van der Waals surface area (Å²) < 4.78 is 4.49. The Labute approximate surface area is 121 Å². The molecule has 2 unspecified atom stereocenters. The molecule has 2 atom stereocenters. The summed E-state index contributed by atoms with van der Waals surface area (Å²) in [5.41, 5.74) is 0. The number of ether oxygens (including phenoxy) is 1. The average Bonchev–Trinajstić information content (AvgIpc) is 2.41. The number of methoxy groups -OCH3 is 1. The first kappa shape index (κ1) is 16.9. The van der Waals surface area contributed by atoms with Gasteiger partial charge in [0.2, 0.25) is 0 Å². The highest BCUT2D eigenvalue weighted by molar-refractivity contribution is 5.95. The molecule has 1 aliphatic rings. The second kappa shape index (κ2) is 9.67. The molecule has 20 heavy (non-hydrogen) atoms. The number of rotatable bonds is 7. The van der Waals surface area contributed by atoms with Gasteiger partial charge in [0.15, 0.2) is 0 Å². The van der Waals surface area contributed by atoms with Crippen LogP contribution < -0.4 is 0 Å². The minimum Gasteiger partial charge on any atom is -0.469 e. The summed E-state index contributed by atoms with van der Waals surface area (Å²) in [5, 5.41) is 7.58. The van der Waals surface area contributed by atoms with E-state index in [9.17, 15) is 9.59 Å². The molecule has 1 rings (SSSR count). The van der Waals surface area contributed by atoms with E-state index in [1.54, 1.807) is 6.21 Å². The molecular weight excluding hydrogens is 254 g/mol. The highest BCUT2D eigenvalue weighted by Crippen LogP contribution is 2.30. The lowest BCUT2D eigenvalue weighted by molar-refractivity contribution is -0.143. The number of nitrogens with one attached hydrogen (secondary N) is 1. The molecule has 0 aromatic heterocycles. The Balaban J connectivity index is 2.31. The van der Waals surface area contributed by atoms with Crippen LogP contribution in [0.1, 0.15) is 64.2 Å². The second-order valence-corrected chi connectivity index (χ2v) is 5.77. The van der Waals surface area contributed by atoms with Gasteiger partial charge >= 0.3 is 5.97 Å². The van der Waals surface area contributed by atoms with E-state index in [-0.39, 0.29) is 12.2 Å². The Morgan fingerprint density at radius 2 is 1.90 bits per heavy atom. The molecule has 1 N–H and O–H groups in total. The van der Waals surface area contributed by atoms with E-state index >= 15 is 0 Å². The first-order valence-corrected chi connectivity index (χ1v) is 7.76. The van der Waals surface area contributed by atoms with Crippen molar-refractivity contribution in [3.05, 3.63) is 0 Å². The number of carbonyl (C=O) groups is 2. The van der Waals surface area contributed by atoms with Crippen LogP contribution >= 0.6 is 0 Å². The molecule has 0 saturated heterocycles. The number of ketones is 1. The highest BCUT2D eigenvalue weighted by atomic mass is 16.5. The maximum atomic E-state index is 11.6. The van der Waals surface area contributed by atoms with Crippen molar-refractivity contribution in [2.24, 2.45) is 11.8 Å². The van der Waals surface area contributed by atoms with E-state index in [0.717, 1.165) is 19.3 Å². The quantitative estimate of drug-likeness (QED) is 0.441. The third-order valence-electron chi connectivity index (χ3n) is 4.28. The summed E-state index contributed by atoms with van der Waals surface area (Å²) in [6, 6.07) is 0. The third-order valence-corrected chi connectivity index (χ3v) is 4.28. The largest absolute Gasteiger partial charge is 0.469 e. The molecule has 4 heteroatoms. The van der Waals surface area contributed by atoms with Gasteiger partial charge in [-0.25, -0.2) is 0 Å². The number of hydrogen-bond acceptors (Lipinski definition) is 4. The van der Waals surface area contributed by atoms with Crippen LogP contribution in [-0.4, -0.2) is 25.1 Å². The standard InChI is InChI=1S/C16H27NO3/c1-20-16(19)11-15(18)10-6-9-13-7-4-2-3-5-8-14(13)12-17/h12-14,17H,2-11H2,1H3. The van der Waals surface area contributed by atoms with E-state index in [1.165, 1.54) is 39.2 Å². The third kappa shape index (κ3) is 6.31. The molecule has 0 aliphatic heterocycles. The molecule has 0 spiro atoms. The van der Waals surface area contributed by atoms with Crippen LogP contribution in [0.3, 0.4) is 0 Å². The van der Waals surface area contributed by atoms with Gasteiger partial charge in [-0.15, -0.1) is 0 Å². The summed E-state index contributed by atoms with van der Waals surface area (Å²) in [7, 11) is 1.30. The van der Waals surface area contributed by atoms with E-state index < -0.39 is 5.97 Å². The fourth-order valence-electron chi connectivity index (χ4n) is 3.05. The maximum absolute atomic E-state index is 11.6. The van der Waals surface area contributed by atoms with Crippen molar-refractivity contribution in [3.63, 3.8) is 0 Å². The Morgan fingerprint density at radius 1 is 1.20 bits per heavy atom. The van der Waals surface area contributed by atoms with Crippen molar-refractivity contribution in [3.8, 4) is 0 Å². The predicted octanol–water partition coefficient (Wildman–Crippen LogP) is 3.53. The van der Waals surface area contributed by atoms with E-state index in [4.69, 9.17) is 5.41 Å². The Morgan fingerprint density at radius 3 is 2.55 bits per heavy atom. The molecule has 0 heterocycles. The zero-order valence-corrected chi connectivity index (χ0v) is 12.5. The monoisotopic (exact) mass is 281 g/mol. The molecule has 1 fully saturated rings. The fraction of sp³-hybridized carbons (Fsp3) is 0.812. The molecule has 0 aromatic carbocycles. The van der Waals surface area contributed by atoms with Crippen molar-refractivity contribution in [2.45, 2.75) is 64.2 Å². The lowest BCUT2D eigenvalue weighted by atomic mass is 9.79. The number of esters is 1. The molecule has 0 radical (unpaired) electrons. The van der Waals surface area contributed by atoms with Gasteiger partial charge in [-0.1, -0.05) is 25.7 Å². The minimum atomic E-state index is -0.446. The number of hydrogen-bond donors (Lipinski definition) is 1. The summed E-state index contributed by atoms with van der Waals surface area (Å²) >= 11 is 0. The van der Waals surface area contributed by atoms with Crippen molar-refractivity contribution in [1.29, 1.82) is 5.41 Å².